The topological polar surface area (TPSA) is 12.5 Å². The van der Waals surface area contributed by atoms with E-state index in [-0.39, 0.29) is 6.10 Å². The van der Waals surface area contributed by atoms with Gasteiger partial charge in [-0.05, 0) is 40.2 Å². The predicted molar refractivity (Wildman–Crippen MR) is 51.9 cm³/mol. The van der Waals surface area contributed by atoms with E-state index in [2.05, 4.69) is 38.6 Å². The average Bonchev–Trinajstić information content (AvgIpc) is 1.99. The van der Waals surface area contributed by atoms with Crippen molar-refractivity contribution in [1.29, 1.82) is 0 Å². The van der Waals surface area contributed by atoms with Gasteiger partial charge in [-0.25, -0.2) is 0 Å². The first-order valence-corrected chi connectivity index (χ1v) is 4.52. The standard InChI is InChI=1S/C8H19NOS/c1-5-9(7(2)3)6-8(4)10-11/h7-8,11H,5-6H2,1-4H3/t8-/m1/s1. The van der Waals surface area contributed by atoms with Gasteiger partial charge >= 0.3 is 0 Å². The third kappa shape index (κ3) is 4.67. The summed E-state index contributed by atoms with van der Waals surface area (Å²) in [6.07, 6.45) is 0.209. The van der Waals surface area contributed by atoms with Gasteiger partial charge in [0.1, 0.15) is 0 Å². The maximum atomic E-state index is 4.89. The van der Waals surface area contributed by atoms with E-state index in [0.29, 0.717) is 6.04 Å². The third-order valence-electron chi connectivity index (χ3n) is 1.81. The lowest BCUT2D eigenvalue weighted by Crippen LogP contribution is -2.36. The summed E-state index contributed by atoms with van der Waals surface area (Å²) in [6.45, 7) is 10.6. The highest BCUT2D eigenvalue weighted by Crippen LogP contribution is 2.02. The van der Waals surface area contributed by atoms with Crippen LogP contribution in [0.25, 0.3) is 0 Å². The van der Waals surface area contributed by atoms with E-state index in [1.54, 1.807) is 0 Å². The van der Waals surface area contributed by atoms with Gasteiger partial charge in [0.15, 0.2) is 0 Å². The minimum absolute atomic E-state index is 0.209. The molecule has 0 aliphatic rings. The van der Waals surface area contributed by atoms with Crippen molar-refractivity contribution in [2.75, 3.05) is 13.1 Å². The maximum Gasteiger partial charge on any atom is 0.0817 e. The molecule has 0 spiro atoms. The molecule has 0 radical (unpaired) electrons. The molecular formula is C8H19NOS. The Labute approximate surface area is 75.5 Å². The van der Waals surface area contributed by atoms with Gasteiger partial charge in [-0.2, -0.15) is 0 Å². The molecule has 1 atom stereocenters. The molecule has 68 valence electrons. The molecule has 11 heavy (non-hydrogen) atoms. The molecule has 2 nitrogen and oxygen atoms in total. The number of nitrogens with zero attached hydrogens (tertiary/aromatic N) is 1. The summed E-state index contributed by atoms with van der Waals surface area (Å²) in [5.74, 6) is 0. The van der Waals surface area contributed by atoms with Crippen LogP contribution in [0.2, 0.25) is 0 Å². The van der Waals surface area contributed by atoms with Crippen molar-refractivity contribution in [2.24, 2.45) is 0 Å². The number of hydrogen-bond acceptors (Lipinski definition) is 3. The summed E-state index contributed by atoms with van der Waals surface area (Å²) < 4.78 is 4.89. The highest BCUT2D eigenvalue weighted by molar-refractivity contribution is 7.75. The average molecular weight is 177 g/mol. The van der Waals surface area contributed by atoms with Crippen molar-refractivity contribution in [3.63, 3.8) is 0 Å². The second kappa shape index (κ2) is 5.86. The van der Waals surface area contributed by atoms with Crippen molar-refractivity contribution >= 4 is 12.9 Å². The number of thiol groups is 1. The van der Waals surface area contributed by atoms with Crippen molar-refractivity contribution < 1.29 is 4.18 Å². The number of hydrogen-bond donors (Lipinski definition) is 1. The molecule has 0 saturated heterocycles. The lowest BCUT2D eigenvalue weighted by atomic mass is 10.3. The smallest absolute Gasteiger partial charge is 0.0817 e. The molecule has 0 amide bonds. The van der Waals surface area contributed by atoms with Gasteiger partial charge in [0.25, 0.3) is 0 Å². The minimum Gasteiger partial charge on any atom is -0.314 e. The Balaban J connectivity index is 3.68. The normalized spacial score (nSPS) is 14.5. The van der Waals surface area contributed by atoms with Crippen LogP contribution in [0.3, 0.4) is 0 Å². The summed E-state index contributed by atoms with van der Waals surface area (Å²) in [4.78, 5) is 2.35. The first-order chi connectivity index (χ1) is 5.11. The van der Waals surface area contributed by atoms with Gasteiger partial charge in [0.05, 0.1) is 6.10 Å². The fourth-order valence-corrected chi connectivity index (χ4v) is 1.14. The van der Waals surface area contributed by atoms with Gasteiger partial charge in [-0.1, -0.05) is 6.92 Å². The van der Waals surface area contributed by atoms with E-state index in [9.17, 15) is 0 Å². The Hall–Kier alpha value is 0.270. The molecule has 0 aromatic heterocycles. The molecule has 0 bridgehead atoms. The zero-order valence-electron chi connectivity index (χ0n) is 7.87. The van der Waals surface area contributed by atoms with Crippen LogP contribution >= 0.6 is 12.9 Å². The van der Waals surface area contributed by atoms with Gasteiger partial charge in [0.2, 0.25) is 0 Å². The Morgan fingerprint density at radius 2 is 1.91 bits per heavy atom. The van der Waals surface area contributed by atoms with Crippen molar-refractivity contribution in [3.8, 4) is 0 Å². The summed E-state index contributed by atoms with van der Waals surface area (Å²) in [7, 11) is 0. The first kappa shape index (κ1) is 11.3. The van der Waals surface area contributed by atoms with Crippen molar-refractivity contribution in [3.05, 3.63) is 0 Å². The maximum absolute atomic E-state index is 4.89. The van der Waals surface area contributed by atoms with Crippen LogP contribution in [-0.4, -0.2) is 30.1 Å². The van der Waals surface area contributed by atoms with Gasteiger partial charge in [-0.3, -0.25) is 4.90 Å². The Morgan fingerprint density at radius 1 is 1.36 bits per heavy atom. The first-order valence-electron chi connectivity index (χ1n) is 4.16. The molecule has 0 saturated carbocycles. The van der Waals surface area contributed by atoms with Crippen LogP contribution in [-0.2, 0) is 4.18 Å². The van der Waals surface area contributed by atoms with E-state index < -0.39 is 0 Å². The van der Waals surface area contributed by atoms with Crippen LogP contribution < -0.4 is 0 Å². The summed E-state index contributed by atoms with van der Waals surface area (Å²) in [6, 6.07) is 0.589. The molecule has 0 aromatic rings. The monoisotopic (exact) mass is 177 g/mol. The summed E-state index contributed by atoms with van der Waals surface area (Å²) in [5.41, 5.74) is 0. The van der Waals surface area contributed by atoms with Crippen LogP contribution in [0.15, 0.2) is 0 Å². The SMILES string of the molecule is CCN(C[C@@H](C)OS)C(C)C. The molecule has 0 rings (SSSR count). The highest BCUT2D eigenvalue weighted by Gasteiger charge is 2.10. The third-order valence-corrected chi connectivity index (χ3v) is 2.17. The molecule has 0 aromatic carbocycles. The quantitative estimate of drug-likeness (QED) is 0.509. The summed E-state index contributed by atoms with van der Waals surface area (Å²) >= 11 is 3.77. The van der Waals surface area contributed by atoms with Crippen LogP contribution in [0.4, 0.5) is 0 Å². The fourth-order valence-electron chi connectivity index (χ4n) is 1.07. The van der Waals surface area contributed by atoms with Crippen molar-refractivity contribution in [2.45, 2.75) is 39.8 Å². The Bertz CT molecular complexity index is 98.1. The van der Waals surface area contributed by atoms with Crippen LogP contribution in [0, 0.1) is 0 Å². The van der Waals surface area contributed by atoms with E-state index in [0.717, 1.165) is 13.1 Å². The lowest BCUT2D eigenvalue weighted by Gasteiger charge is -2.26. The molecule has 0 unspecified atom stereocenters. The fraction of sp³-hybridized carbons (Fsp3) is 1.00. The number of rotatable bonds is 5. The van der Waals surface area contributed by atoms with Crippen molar-refractivity contribution in [1.82, 2.24) is 4.90 Å². The molecular weight excluding hydrogens is 158 g/mol. The minimum atomic E-state index is 0.209. The molecule has 0 aliphatic heterocycles. The lowest BCUT2D eigenvalue weighted by molar-refractivity contribution is 0.147. The van der Waals surface area contributed by atoms with Crippen LogP contribution in [0.5, 0.6) is 0 Å². The zero-order valence-corrected chi connectivity index (χ0v) is 8.77. The van der Waals surface area contributed by atoms with E-state index in [1.807, 2.05) is 6.92 Å². The molecule has 0 fully saturated rings. The summed E-state index contributed by atoms with van der Waals surface area (Å²) in [5, 5.41) is 0. The number of likely N-dealkylation sites (N-methyl/N-ethyl adjacent to an activating group) is 1. The Kier molecular flexibility index (Phi) is 6.01. The predicted octanol–water partition coefficient (Wildman–Crippen LogP) is 1.97. The van der Waals surface area contributed by atoms with Gasteiger partial charge < -0.3 is 4.18 Å². The largest absolute Gasteiger partial charge is 0.314 e. The van der Waals surface area contributed by atoms with E-state index in [4.69, 9.17) is 4.18 Å². The molecule has 0 N–H and O–H groups in total. The molecule has 0 aliphatic carbocycles. The molecule has 3 heteroatoms. The van der Waals surface area contributed by atoms with Crippen LogP contribution in [0.1, 0.15) is 27.7 Å². The second-order valence-corrected chi connectivity index (χ2v) is 3.31. The highest BCUT2D eigenvalue weighted by atomic mass is 32.1. The Morgan fingerprint density at radius 3 is 2.18 bits per heavy atom. The van der Waals surface area contributed by atoms with E-state index >= 15 is 0 Å². The second-order valence-electron chi connectivity index (χ2n) is 3.10. The van der Waals surface area contributed by atoms with E-state index in [1.165, 1.54) is 0 Å². The van der Waals surface area contributed by atoms with Gasteiger partial charge in [0, 0.05) is 12.6 Å². The van der Waals surface area contributed by atoms with Gasteiger partial charge in [-0.15, -0.1) is 0 Å². The zero-order chi connectivity index (χ0) is 8.85. The molecule has 0 heterocycles.